The average Bonchev–Trinajstić information content (AvgIpc) is 2.62. The van der Waals surface area contributed by atoms with Gasteiger partial charge in [-0.1, -0.05) is 30.0 Å². The summed E-state index contributed by atoms with van der Waals surface area (Å²) in [7, 11) is 0. The number of hydrogen-bond donors (Lipinski definition) is 1. The van der Waals surface area contributed by atoms with E-state index >= 15 is 0 Å². The molecule has 26 heavy (non-hydrogen) atoms. The molecule has 2 nitrogen and oxygen atoms in total. The SMILES string of the molecule is C/C=C(/c1ccc(C#Cc2cc(F)cc(F)c2)cc1)N1CCC(O)CC1. The van der Waals surface area contributed by atoms with Crippen molar-refractivity contribution in [2.45, 2.75) is 25.9 Å². The Morgan fingerprint density at radius 3 is 2.15 bits per heavy atom. The molecule has 0 saturated carbocycles. The Kier molecular flexibility index (Phi) is 5.70. The van der Waals surface area contributed by atoms with Gasteiger partial charge < -0.3 is 10.0 Å². The molecule has 1 saturated heterocycles. The number of aliphatic hydroxyl groups excluding tert-OH is 1. The highest BCUT2D eigenvalue weighted by Gasteiger charge is 2.19. The minimum absolute atomic E-state index is 0.199. The summed E-state index contributed by atoms with van der Waals surface area (Å²) in [6.07, 6.45) is 3.44. The Labute approximate surface area is 152 Å². The zero-order valence-corrected chi connectivity index (χ0v) is 14.7. The molecule has 2 aromatic rings. The molecule has 1 fully saturated rings. The van der Waals surface area contributed by atoms with E-state index < -0.39 is 11.6 Å². The van der Waals surface area contributed by atoms with Crippen LogP contribution in [0.4, 0.5) is 8.78 Å². The third kappa shape index (κ3) is 4.50. The molecule has 1 N–H and O–H groups in total. The van der Waals surface area contributed by atoms with Crippen LogP contribution in [0.5, 0.6) is 0 Å². The fraction of sp³-hybridized carbons (Fsp3) is 0.273. The average molecular weight is 353 g/mol. The first kappa shape index (κ1) is 18.2. The zero-order chi connectivity index (χ0) is 18.5. The van der Waals surface area contributed by atoms with Gasteiger partial charge >= 0.3 is 0 Å². The van der Waals surface area contributed by atoms with E-state index in [9.17, 15) is 13.9 Å². The lowest BCUT2D eigenvalue weighted by molar-refractivity contribution is 0.106. The molecule has 0 spiro atoms. The lowest BCUT2D eigenvalue weighted by Gasteiger charge is -2.33. The van der Waals surface area contributed by atoms with Gasteiger partial charge in [0.1, 0.15) is 11.6 Å². The molecule has 0 aromatic heterocycles. The summed E-state index contributed by atoms with van der Waals surface area (Å²) in [5.41, 5.74) is 3.32. The smallest absolute Gasteiger partial charge is 0.127 e. The van der Waals surface area contributed by atoms with E-state index in [0.29, 0.717) is 5.56 Å². The van der Waals surface area contributed by atoms with Gasteiger partial charge in [0.25, 0.3) is 0 Å². The minimum atomic E-state index is -0.631. The molecule has 0 amide bonds. The number of likely N-dealkylation sites (tertiary alicyclic amines) is 1. The van der Waals surface area contributed by atoms with Crippen LogP contribution in [0.15, 0.2) is 48.5 Å². The van der Waals surface area contributed by atoms with Gasteiger partial charge in [0.05, 0.1) is 6.10 Å². The second-order valence-electron chi connectivity index (χ2n) is 6.38. The van der Waals surface area contributed by atoms with E-state index in [0.717, 1.165) is 48.8 Å². The normalized spacial score (nSPS) is 15.5. The Hall–Kier alpha value is -2.64. The van der Waals surface area contributed by atoms with Crippen LogP contribution in [0.3, 0.4) is 0 Å². The van der Waals surface area contributed by atoms with Gasteiger partial charge in [-0.25, -0.2) is 8.78 Å². The number of nitrogens with zero attached hydrogens (tertiary/aromatic N) is 1. The first-order chi connectivity index (χ1) is 12.5. The lowest BCUT2D eigenvalue weighted by Crippen LogP contribution is -2.34. The Morgan fingerprint density at radius 1 is 1.00 bits per heavy atom. The van der Waals surface area contributed by atoms with Crippen molar-refractivity contribution < 1.29 is 13.9 Å². The van der Waals surface area contributed by atoms with Crippen molar-refractivity contribution in [3.63, 3.8) is 0 Å². The Balaban J connectivity index is 1.75. The monoisotopic (exact) mass is 353 g/mol. The van der Waals surface area contributed by atoms with Crippen LogP contribution in [0, 0.1) is 23.5 Å². The van der Waals surface area contributed by atoms with Crippen molar-refractivity contribution in [2.24, 2.45) is 0 Å². The number of aliphatic hydroxyl groups is 1. The van der Waals surface area contributed by atoms with Crippen LogP contribution in [-0.4, -0.2) is 29.2 Å². The summed E-state index contributed by atoms with van der Waals surface area (Å²) in [4.78, 5) is 2.28. The second-order valence-corrected chi connectivity index (χ2v) is 6.38. The van der Waals surface area contributed by atoms with E-state index in [1.54, 1.807) is 0 Å². The second kappa shape index (κ2) is 8.16. The predicted octanol–water partition coefficient (Wildman–Crippen LogP) is 4.18. The summed E-state index contributed by atoms with van der Waals surface area (Å²) in [5, 5.41) is 9.67. The summed E-state index contributed by atoms with van der Waals surface area (Å²) < 4.78 is 26.4. The van der Waals surface area contributed by atoms with Gasteiger partial charge in [-0.15, -0.1) is 0 Å². The summed E-state index contributed by atoms with van der Waals surface area (Å²) >= 11 is 0. The molecule has 1 aliphatic heterocycles. The third-order valence-electron chi connectivity index (χ3n) is 4.47. The fourth-order valence-electron chi connectivity index (χ4n) is 3.13. The quantitative estimate of drug-likeness (QED) is 0.819. The fourth-order valence-corrected chi connectivity index (χ4v) is 3.13. The maximum absolute atomic E-state index is 13.2. The van der Waals surface area contributed by atoms with Crippen LogP contribution < -0.4 is 0 Å². The number of halogens is 2. The lowest BCUT2D eigenvalue weighted by atomic mass is 10.0. The van der Waals surface area contributed by atoms with Crippen LogP contribution in [0.25, 0.3) is 5.70 Å². The molecule has 1 aliphatic rings. The highest BCUT2D eigenvalue weighted by molar-refractivity contribution is 5.64. The largest absolute Gasteiger partial charge is 0.393 e. The molecule has 0 unspecified atom stereocenters. The summed E-state index contributed by atoms with van der Waals surface area (Å²) in [6, 6.07) is 11.1. The molecular weight excluding hydrogens is 332 g/mol. The van der Waals surface area contributed by atoms with E-state index in [1.165, 1.54) is 12.1 Å². The zero-order valence-electron chi connectivity index (χ0n) is 14.7. The summed E-state index contributed by atoms with van der Waals surface area (Å²) in [5.74, 6) is 4.47. The van der Waals surface area contributed by atoms with Gasteiger partial charge in [-0.05, 0) is 49.6 Å². The van der Waals surface area contributed by atoms with Crippen LogP contribution >= 0.6 is 0 Å². The standard InChI is InChI=1S/C22H21F2NO/c1-2-22(25-11-9-21(26)10-12-25)18-7-5-16(6-8-18)3-4-17-13-19(23)15-20(24)14-17/h2,5-8,13-15,21,26H,9-12H2,1H3/b22-2-. The van der Waals surface area contributed by atoms with Crippen molar-refractivity contribution in [1.82, 2.24) is 4.90 Å². The van der Waals surface area contributed by atoms with Crippen molar-refractivity contribution in [3.05, 3.63) is 76.9 Å². The molecule has 4 heteroatoms. The molecule has 0 bridgehead atoms. The third-order valence-corrected chi connectivity index (χ3v) is 4.47. The minimum Gasteiger partial charge on any atom is -0.393 e. The number of rotatable bonds is 2. The number of piperidine rings is 1. The van der Waals surface area contributed by atoms with E-state index in [4.69, 9.17) is 0 Å². The first-order valence-corrected chi connectivity index (χ1v) is 8.73. The Bertz CT molecular complexity index is 834. The number of allylic oxidation sites excluding steroid dienone is 1. The van der Waals surface area contributed by atoms with Gasteiger partial charge in [-0.2, -0.15) is 0 Å². The maximum Gasteiger partial charge on any atom is 0.127 e. The van der Waals surface area contributed by atoms with E-state index in [1.807, 2.05) is 31.2 Å². The van der Waals surface area contributed by atoms with Crippen LogP contribution in [0.1, 0.15) is 36.5 Å². The maximum atomic E-state index is 13.2. The summed E-state index contributed by atoms with van der Waals surface area (Å²) in [6.45, 7) is 3.69. The van der Waals surface area contributed by atoms with Crippen molar-refractivity contribution in [3.8, 4) is 11.8 Å². The molecule has 0 aliphatic carbocycles. The number of hydrogen-bond acceptors (Lipinski definition) is 2. The van der Waals surface area contributed by atoms with Crippen LogP contribution in [-0.2, 0) is 0 Å². The number of benzene rings is 2. The van der Waals surface area contributed by atoms with E-state index in [2.05, 4.69) is 22.8 Å². The highest BCUT2D eigenvalue weighted by atomic mass is 19.1. The molecule has 1 heterocycles. The molecule has 0 radical (unpaired) electrons. The molecule has 3 rings (SSSR count). The van der Waals surface area contributed by atoms with E-state index in [-0.39, 0.29) is 6.10 Å². The Morgan fingerprint density at radius 2 is 1.58 bits per heavy atom. The molecule has 0 atom stereocenters. The van der Waals surface area contributed by atoms with Crippen molar-refractivity contribution in [1.29, 1.82) is 0 Å². The van der Waals surface area contributed by atoms with Gasteiger partial charge in [0.2, 0.25) is 0 Å². The van der Waals surface area contributed by atoms with Crippen molar-refractivity contribution in [2.75, 3.05) is 13.1 Å². The van der Waals surface area contributed by atoms with Crippen molar-refractivity contribution >= 4 is 5.70 Å². The molecular formula is C22H21F2NO. The highest BCUT2D eigenvalue weighted by Crippen LogP contribution is 2.24. The van der Waals surface area contributed by atoms with Gasteiger partial charge in [0.15, 0.2) is 0 Å². The van der Waals surface area contributed by atoms with Gasteiger partial charge in [-0.3, -0.25) is 0 Å². The first-order valence-electron chi connectivity index (χ1n) is 8.73. The topological polar surface area (TPSA) is 23.5 Å². The predicted molar refractivity (Wildman–Crippen MR) is 99.2 cm³/mol. The molecule has 2 aromatic carbocycles. The van der Waals surface area contributed by atoms with Gasteiger partial charge in [0, 0.05) is 36.0 Å². The molecule has 134 valence electrons. The van der Waals surface area contributed by atoms with Crippen LogP contribution in [0.2, 0.25) is 0 Å².